The molecule has 0 saturated carbocycles. The second-order valence-corrected chi connectivity index (χ2v) is 4.50. The molecule has 0 heterocycles. The summed E-state index contributed by atoms with van der Waals surface area (Å²) >= 11 is 0. The Bertz CT molecular complexity index is 441. The predicted octanol–water partition coefficient (Wildman–Crippen LogP) is 2.51. The average Bonchev–Trinajstić information content (AvgIpc) is 2.28. The first-order valence-corrected chi connectivity index (χ1v) is 5.42. The van der Waals surface area contributed by atoms with Crippen molar-refractivity contribution in [1.82, 2.24) is 5.32 Å². The standard InChI is InChI=1S/C12H16N2O3/c1-4-12(2,3)13-11(15)9-6-5-7-10(8-9)14(16)17/h5-8H,4H2,1-3H3,(H,13,15). The number of rotatable bonds is 4. The van der Waals surface area contributed by atoms with Crippen LogP contribution in [0, 0.1) is 10.1 Å². The number of hydrogen-bond donors (Lipinski definition) is 1. The number of benzene rings is 1. The molecule has 1 N–H and O–H groups in total. The number of hydrogen-bond acceptors (Lipinski definition) is 3. The first kappa shape index (κ1) is 13.2. The van der Waals surface area contributed by atoms with Crippen LogP contribution < -0.4 is 5.32 Å². The number of carbonyl (C=O) groups is 1. The van der Waals surface area contributed by atoms with E-state index in [9.17, 15) is 14.9 Å². The normalized spacial score (nSPS) is 11.0. The summed E-state index contributed by atoms with van der Waals surface area (Å²) < 4.78 is 0. The van der Waals surface area contributed by atoms with Gasteiger partial charge in [0, 0.05) is 23.2 Å². The summed E-state index contributed by atoms with van der Waals surface area (Å²) in [6, 6.07) is 5.71. The van der Waals surface area contributed by atoms with E-state index in [-0.39, 0.29) is 17.1 Å². The molecule has 1 aromatic rings. The molecule has 5 nitrogen and oxygen atoms in total. The zero-order chi connectivity index (χ0) is 13.1. The van der Waals surface area contributed by atoms with Crippen LogP contribution in [0.1, 0.15) is 37.6 Å². The summed E-state index contributed by atoms with van der Waals surface area (Å²) in [6.07, 6.45) is 0.785. The lowest BCUT2D eigenvalue weighted by Crippen LogP contribution is -2.42. The molecule has 0 aliphatic carbocycles. The van der Waals surface area contributed by atoms with E-state index in [0.29, 0.717) is 5.56 Å². The van der Waals surface area contributed by atoms with Gasteiger partial charge in [-0.25, -0.2) is 0 Å². The third kappa shape index (κ3) is 3.55. The zero-order valence-electron chi connectivity index (χ0n) is 10.2. The van der Waals surface area contributed by atoms with Crippen LogP contribution in [-0.4, -0.2) is 16.4 Å². The Kier molecular flexibility index (Phi) is 3.83. The lowest BCUT2D eigenvalue weighted by Gasteiger charge is -2.24. The van der Waals surface area contributed by atoms with Crippen LogP contribution in [-0.2, 0) is 0 Å². The second kappa shape index (κ2) is 4.95. The van der Waals surface area contributed by atoms with E-state index in [1.54, 1.807) is 6.07 Å². The summed E-state index contributed by atoms with van der Waals surface area (Å²) in [5.41, 5.74) is -0.0884. The van der Waals surface area contributed by atoms with Crippen LogP contribution in [0.2, 0.25) is 0 Å². The van der Waals surface area contributed by atoms with Gasteiger partial charge in [-0.2, -0.15) is 0 Å². The van der Waals surface area contributed by atoms with Gasteiger partial charge < -0.3 is 5.32 Å². The number of nitrogens with zero attached hydrogens (tertiary/aromatic N) is 1. The second-order valence-electron chi connectivity index (χ2n) is 4.50. The lowest BCUT2D eigenvalue weighted by atomic mass is 10.0. The van der Waals surface area contributed by atoms with Crippen LogP contribution in [0.25, 0.3) is 0 Å². The number of nitro groups is 1. The van der Waals surface area contributed by atoms with Crippen LogP contribution in [0.15, 0.2) is 24.3 Å². The third-order valence-corrected chi connectivity index (χ3v) is 2.65. The van der Waals surface area contributed by atoms with E-state index in [1.807, 2.05) is 20.8 Å². The molecule has 17 heavy (non-hydrogen) atoms. The molecule has 92 valence electrons. The summed E-state index contributed by atoms with van der Waals surface area (Å²) in [7, 11) is 0. The molecule has 0 bridgehead atoms. The van der Waals surface area contributed by atoms with Gasteiger partial charge in [0.15, 0.2) is 0 Å². The first-order valence-electron chi connectivity index (χ1n) is 5.42. The van der Waals surface area contributed by atoms with Gasteiger partial charge >= 0.3 is 0 Å². The molecular formula is C12H16N2O3. The van der Waals surface area contributed by atoms with Gasteiger partial charge in [0.2, 0.25) is 0 Å². The topological polar surface area (TPSA) is 72.2 Å². The minimum Gasteiger partial charge on any atom is -0.347 e. The molecule has 1 amide bonds. The van der Waals surface area contributed by atoms with Crippen LogP contribution in [0.5, 0.6) is 0 Å². The molecule has 1 rings (SSSR count). The first-order chi connectivity index (χ1) is 7.85. The van der Waals surface area contributed by atoms with Crippen molar-refractivity contribution in [2.75, 3.05) is 0 Å². The number of non-ortho nitro benzene ring substituents is 1. The molecule has 0 atom stereocenters. The molecule has 0 aliphatic rings. The molecule has 0 aliphatic heterocycles. The molecule has 0 unspecified atom stereocenters. The minimum absolute atomic E-state index is 0.0769. The van der Waals surface area contributed by atoms with Crippen molar-refractivity contribution in [3.63, 3.8) is 0 Å². The summed E-state index contributed by atoms with van der Waals surface area (Å²) in [5.74, 6) is -0.291. The SMILES string of the molecule is CCC(C)(C)NC(=O)c1cccc([N+](=O)[O-])c1. The largest absolute Gasteiger partial charge is 0.347 e. The Morgan fingerprint density at radius 2 is 2.12 bits per heavy atom. The summed E-state index contributed by atoms with van der Waals surface area (Å²) in [4.78, 5) is 21.9. The van der Waals surface area contributed by atoms with Gasteiger partial charge in [0.05, 0.1) is 4.92 Å². The monoisotopic (exact) mass is 236 g/mol. The van der Waals surface area contributed by atoms with Gasteiger partial charge in [-0.15, -0.1) is 0 Å². The fourth-order valence-corrected chi connectivity index (χ4v) is 1.23. The highest BCUT2D eigenvalue weighted by Crippen LogP contribution is 2.14. The van der Waals surface area contributed by atoms with Crippen molar-refractivity contribution in [2.45, 2.75) is 32.7 Å². The lowest BCUT2D eigenvalue weighted by molar-refractivity contribution is -0.384. The molecule has 0 spiro atoms. The molecule has 0 aromatic heterocycles. The van der Waals surface area contributed by atoms with Crippen molar-refractivity contribution < 1.29 is 9.72 Å². The Balaban J connectivity index is 2.90. The number of carbonyl (C=O) groups excluding carboxylic acids is 1. The van der Waals surface area contributed by atoms with Gasteiger partial charge in [-0.3, -0.25) is 14.9 Å². The smallest absolute Gasteiger partial charge is 0.270 e. The van der Waals surface area contributed by atoms with E-state index < -0.39 is 4.92 Å². The Hall–Kier alpha value is -1.91. The molecule has 5 heteroatoms. The van der Waals surface area contributed by atoms with Gasteiger partial charge in [0.25, 0.3) is 11.6 Å². The van der Waals surface area contributed by atoms with Gasteiger partial charge in [-0.1, -0.05) is 13.0 Å². The van der Waals surface area contributed by atoms with E-state index in [1.165, 1.54) is 18.2 Å². The number of nitrogens with one attached hydrogen (secondary N) is 1. The number of amides is 1. The molecule has 0 radical (unpaired) electrons. The fourth-order valence-electron chi connectivity index (χ4n) is 1.23. The van der Waals surface area contributed by atoms with Crippen LogP contribution in [0.3, 0.4) is 0 Å². The highest BCUT2D eigenvalue weighted by atomic mass is 16.6. The predicted molar refractivity (Wildman–Crippen MR) is 64.9 cm³/mol. The van der Waals surface area contributed by atoms with Crippen LogP contribution >= 0.6 is 0 Å². The highest BCUT2D eigenvalue weighted by Gasteiger charge is 2.19. The molecular weight excluding hydrogens is 220 g/mol. The van der Waals surface area contributed by atoms with E-state index in [4.69, 9.17) is 0 Å². The summed E-state index contributed by atoms with van der Waals surface area (Å²) in [5, 5.41) is 13.4. The Labute approximate surface area is 100.0 Å². The number of nitro benzene ring substituents is 1. The van der Waals surface area contributed by atoms with E-state index in [2.05, 4.69) is 5.32 Å². The molecule has 1 aromatic carbocycles. The fraction of sp³-hybridized carbons (Fsp3) is 0.417. The quantitative estimate of drug-likeness (QED) is 0.644. The van der Waals surface area contributed by atoms with E-state index >= 15 is 0 Å². The Morgan fingerprint density at radius 1 is 1.47 bits per heavy atom. The Morgan fingerprint density at radius 3 is 2.65 bits per heavy atom. The average molecular weight is 236 g/mol. The van der Waals surface area contributed by atoms with Crippen molar-refractivity contribution >= 4 is 11.6 Å². The van der Waals surface area contributed by atoms with Crippen molar-refractivity contribution in [1.29, 1.82) is 0 Å². The van der Waals surface area contributed by atoms with Gasteiger partial charge in [0.1, 0.15) is 0 Å². The molecule has 0 fully saturated rings. The highest BCUT2D eigenvalue weighted by molar-refractivity contribution is 5.95. The van der Waals surface area contributed by atoms with Crippen molar-refractivity contribution in [3.8, 4) is 0 Å². The van der Waals surface area contributed by atoms with Crippen LogP contribution in [0.4, 0.5) is 5.69 Å². The van der Waals surface area contributed by atoms with Crippen molar-refractivity contribution in [3.05, 3.63) is 39.9 Å². The molecule has 0 saturated heterocycles. The van der Waals surface area contributed by atoms with Crippen molar-refractivity contribution in [2.24, 2.45) is 0 Å². The van der Waals surface area contributed by atoms with E-state index in [0.717, 1.165) is 6.42 Å². The maximum atomic E-state index is 11.9. The minimum atomic E-state index is -0.512. The summed E-state index contributed by atoms with van der Waals surface area (Å²) in [6.45, 7) is 5.78. The third-order valence-electron chi connectivity index (χ3n) is 2.65. The van der Waals surface area contributed by atoms with Gasteiger partial charge in [-0.05, 0) is 26.3 Å². The maximum absolute atomic E-state index is 11.9. The zero-order valence-corrected chi connectivity index (χ0v) is 10.2. The maximum Gasteiger partial charge on any atom is 0.270 e.